The monoisotopic (exact) mass is 542 g/mol. The molecule has 0 bridgehead atoms. The highest BCUT2D eigenvalue weighted by molar-refractivity contribution is 5.97. The Labute approximate surface area is 234 Å². The lowest BCUT2D eigenvalue weighted by Crippen LogP contribution is -2.50. The van der Waals surface area contributed by atoms with Crippen molar-refractivity contribution in [1.29, 1.82) is 0 Å². The lowest BCUT2D eigenvalue weighted by Gasteiger charge is -2.37. The Hall–Kier alpha value is -4.55. The standard InChI is InChI=1S/C31H34N4O5/c1-21-18-35(22(2)20-36)30(37)27-15-24(14-13-23-9-6-5-7-10-23)17-32-29(27)40-28(21)19-34(3)31(38)33-25-11-8-12-26(16-25)39-4/h5-12,15-17,21-22,28,36H,18-20H2,1-4H3,(H,33,38)/t21-,22+,28+/m1/s1. The summed E-state index contributed by atoms with van der Waals surface area (Å²) in [6.07, 6.45) is 1.10. The van der Waals surface area contributed by atoms with Crippen LogP contribution >= 0.6 is 0 Å². The first-order valence-electron chi connectivity index (χ1n) is 13.1. The number of methoxy groups -OCH3 is 1. The number of aliphatic hydroxyl groups excluding tert-OH is 1. The normalized spacial score (nSPS) is 17.2. The van der Waals surface area contributed by atoms with E-state index < -0.39 is 12.1 Å². The van der Waals surface area contributed by atoms with E-state index >= 15 is 0 Å². The van der Waals surface area contributed by atoms with Gasteiger partial charge in [-0.05, 0) is 37.3 Å². The van der Waals surface area contributed by atoms with Crippen LogP contribution in [0, 0.1) is 17.8 Å². The van der Waals surface area contributed by atoms with E-state index in [1.165, 1.54) is 4.90 Å². The maximum Gasteiger partial charge on any atom is 0.321 e. The van der Waals surface area contributed by atoms with Gasteiger partial charge in [-0.1, -0.05) is 43.0 Å². The van der Waals surface area contributed by atoms with Crippen LogP contribution in [0.1, 0.15) is 35.3 Å². The smallest absolute Gasteiger partial charge is 0.321 e. The van der Waals surface area contributed by atoms with Crippen LogP contribution in [0.2, 0.25) is 0 Å². The van der Waals surface area contributed by atoms with E-state index in [1.54, 1.807) is 62.5 Å². The van der Waals surface area contributed by atoms with Crippen LogP contribution in [-0.4, -0.2) is 77.8 Å². The molecule has 0 radical (unpaired) electrons. The highest BCUT2D eigenvalue weighted by Crippen LogP contribution is 2.27. The molecule has 2 heterocycles. The number of aromatic nitrogens is 1. The lowest BCUT2D eigenvalue weighted by atomic mass is 10.00. The van der Waals surface area contributed by atoms with Gasteiger partial charge in [0.2, 0.25) is 5.88 Å². The van der Waals surface area contributed by atoms with Crippen molar-refractivity contribution in [1.82, 2.24) is 14.8 Å². The van der Waals surface area contributed by atoms with Crippen LogP contribution < -0.4 is 14.8 Å². The number of rotatable bonds is 6. The Morgan fingerprint density at radius 2 is 1.95 bits per heavy atom. The summed E-state index contributed by atoms with van der Waals surface area (Å²) in [7, 11) is 3.25. The number of pyridine rings is 1. The maximum absolute atomic E-state index is 13.6. The molecular weight excluding hydrogens is 508 g/mol. The second-order valence-electron chi connectivity index (χ2n) is 9.86. The molecule has 0 unspecified atom stereocenters. The summed E-state index contributed by atoms with van der Waals surface area (Å²) in [6.45, 7) is 4.12. The summed E-state index contributed by atoms with van der Waals surface area (Å²) >= 11 is 0. The van der Waals surface area contributed by atoms with Gasteiger partial charge < -0.3 is 29.7 Å². The number of hydrogen-bond donors (Lipinski definition) is 2. The van der Waals surface area contributed by atoms with Gasteiger partial charge in [-0.3, -0.25) is 4.79 Å². The molecule has 3 atom stereocenters. The predicted molar refractivity (Wildman–Crippen MR) is 152 cm³/mol. The number of ether oxygens (including phenoxy) is 2. The van der Waals surface area contributed by atoms with Crippen molar-refractivity contribution in [2.24, 2.45) is 5.92 Å². The number of anilines is 1. The number of carbonyl (C=O) groups is 2. The molecule has 0 saturated carbocycles. The largest absolute Gasteiger partial charge is 0.497 e. The van der Waals surface area contributed by atoms with Gasteiger partial charge in [-0.15, -0.1) is 0 Å². The topological polar surface area (TPSA) is 104 Å². The number of nitrogens with one attached hydrogen (secondary N) is 1. The fraction of sp³-hybridized carbons (Fsp3) is 0.323. The number of aliphatic hydroxyl groups is 1. The first-order valence-corrected chi connectivity index (χ1v) is 13.1. The zero-order valence-corrected chi connectivity index (χ0v) is 23.1. The zero-order chi connectivity index (χ0) is 28.6. The van der Waals surface area contributed by atoms with Gasteiger partial charge in [0.05, 0.1) is 26.3 Å². The lowest BCUT2D eigenvalue weighted by molar-refractivity contribution is 0.0356. The average molecular weight is 543 g/mol. The van der Waals surface area contributed by atoms with E-state index in [2.05, 4.69) is 22.1 Å². The number of nitrogens with zero attached hydrogens (tertiary/aromatic N) is 3. The summed E-state index contributed by atoms with van der Waals surface area (Å²) in [4.78, 5) is 34.2. The molecule has 1 aliphatic heterocycles. The third kappa shape index (κ3) is 6.90. The van der Waals surface area contributed by atoms with Crippen molar-refractivity contribution in [3.63, 3.8) is 0 Å². The molecule has 1 aliphatic rings. The van der Waals surface area contributed by atoms with Crippen molar-refractivity contribution in [2.45, 2.75) is 26.0 Å². The van der Waals surface area contributed by atoms with Gasteiger partial charge in [0, 0.05) is 48.6 Å². The molecule has 0 aliphatic carbocycles. The molecular formula is C31H34N4O5. The number of carbonyl (C=O) groups excluding carboxylic acids is 2. The number of benzene rings is 2. The van der Waals surface area contributed by atoms with Gasteiger partial charge in [0.25, 0.3) is 5.91 Å². The number of fused-ring (bicyclic) bond motifs is 1. The zero-order valence-electron chi connectivity index (χ0n) is 23.1. The van der Waals surface area contributed by atoms with Crippen molar-refractivity contribution in [3.8, 4) is 23.5 Å². The molecule has 0 fully saturated rings. The molecule has 3 amide bonds. The summed E-state index contributed by atoms with van der Waals surface area (Å²) in [5.41, 5.74) is 2.28. The van der Waals surface area contributed by atoms with Crippen molar-refractivity contribution >= 4 is 17.6 Å². The summed E-state index contributed by atoms with van der Waals surface area (Å²) < 4.78 is 11.5. The molecule has 2 N–H and O–H groups in total. The van der Waals surface area contributed by atoms with Crippen LogP contribution in [0.3, 0.4) is 0 Å². The molecule has 3 aromatic rings. The molecule has 9 heteroatoms. The minimum atomic E-state index is -0.477. The molecule has 2 aromatic carbocycles. The van der Waals surface area contributed by atoms with E-state index in [4.69, 9.17) is 9.47 Å². The molecule has 208 valence electrons. The Morgan fingerprint density at radius 3 is 2.67 bits per heavy atom. The van der Waals surface area contributed by atoms with Crippen molar-refractivity contribution in [3.05, 3.63) is 83.6 Å². The van der Waals surface area contributed by atoms with Crippen LogP contribution in [0.15, 0.2) is 66.9 Å². The quantitative estimate of drug-likeness (QED) is 0.459. The van der Waals surface area contributed by atoms with Gasteiger partial charge in [0.1, 0.15) is 17.4 Å². The Morgan fingerprint density at radius 1 is 1.20 bits per heavy atom. The second kappa shape index (κ2) is 13.0. The summed E-state index contributed by atoms with van der Waals surface area (Å²) in [6, 6.07) is 17.6. The Balaban J connectivity index is 1.59. The second-order valence-corrected chi connectivity index (χ2v) is 9.86. The van der Waals surface area contributed by atoms with E-state index in [0.717, 1.165) is 5.56 Å². The van der Waals surface area contributed by atoms with E-state index in [9.17, 15) is 14.7 Å². The first kappa shape index (κ1) is 28.5. The molecule has 9 nitrogen and oxygen atoms in total. The van der Waals surface area contributed by atoms with Crippen molar-refractivity contribution < 1.29 is 24.2 Å². The van der Waals surface area contributed by atoms with Crippen molar-refractivity contribution in [2.75, 3.05) is 39.2 Å². The Bertz CT molecular complexity index is 1400. The van der Waals surface area contributed by atoms with Gasteiger partial charge in [-0.25, -0.2) is 9.78 Å². The number of likely N-dealkylation sites (N-methyl/N-ethyl adjacent to an activating group) is 1. The minimum Gasteiger partial charge on any atom is -0.497 e. The summed E-state index contributed by atoms with van der Waals surface area (Å²) in [5, 5.41) is 12.8. The number of hydrogen-bond acceptors (Lipinski definition) is 6. The predicted octanol–water partition coefficient (Wildman–Crippen LogP) is 3.87. The van der Waals surface area contributed by atoms with E-state index in [1.807, 2.05) is 37.3 Å². The average Bonchev–Trinajstić information content (AvgIpc) is 2.98. The highest BCUT2D eigenvalue weighted by Gasteiger charge is 2.34. The third-order valence-corrected chi connectivity index (χ3v) is 6.77. The first-order chi connectivity index (χ1) is 19.3. The van der Waals surface area contributed by atoms with Gasteiger partial charge in [0.15, 0.2) is 0 Å². The van der Waals surface area contributed by atoms with Crippen LogP contribution in [0.25, 0.3) is 0 Å². The summed E-state index contributed by atoms with van der Waals surface area (Å²) in [5.74, 6) is 6.49. The fourth-order valence-corrected chi connectivity index (χ4v) is 4.33. The maximum atomic E-state index is 13.6. The van der Waals surface area contributed by atoms with Gasteiger partial charge >= 0.3 is 6.03 Å². The van der Waals surface area contributed by atoms with E-state index in [-0.39, 0.29) is 42.5 Å². The van der Waals surface area contributed by atoms with E-state index in [0.29, 0.717) is 23.5 Å². The molecule has 0 saturated heterocycles. The third-order valence-electron chi connectivity index (χ3n) is 6.77. The minimum absolute atomic E-state index is 0.169. The number of urea groups is 1. The molecule has 0 spiro atoms. The molecule has 1 aromatic heterocycles. The van der Waals surface area contributed by atoms with Crippen LogP contribution in [-0.2, 0) is 0 Å². The molecule has 40 heavy (non-hydrogen) atoms. The fourth-order valence-electron chi connectivity index (χ4n) is 4.33. The Kier molecular flexibility index (Phi) is 9.25. The highest BCUT2D eigenvalue weighted by atomic mass is 16.5. The van der Waals surface area contributed by atoms with Crippen LogP contribution in [0.5, 0.6) is 11.6 Å². The molecule has 4 rings (SSSR count). The van der Waals surface area contributed by atoms with Gasteiger partial charge in [-0.2, -0.15) is 0 Å². The SMILES string of the molecule is COc1cccc(NC(=O)N(C)C[C@@H]2Oc3ncc(C#Cc4ccccc4)cc3C(=O)N([C@@H](C)CO)C[C@H]2C)c1. The van der Waals surface area contributed by atoms with Crippen LogP contribution in [0.4, 0.5) is 10.5 Å². The number of amides is 3.